The van der Waals surface area contributed by atoms with Gasteiger partial charge in [0, 0.05) is 11.5 Å². The molecule has 0 unspecified atom stereocenters. The summed E-state index contributed by atoms with van der Waals surface area (Å²) in [6, 6.07) is 0. The average Bonchev–Trinajstić information content (AvgIpc) is 2.27. The summed E-state index contributed by atoms with van der Waals surface area (Å²) in [6.45, 7) is 9.41. The predicted octanol–water partition coefficient (Wildman–Crippen LogP) is 3.05. The minimum atomic E-state index is 0.376. The average molecular weight is 220 g/mol. The summed E-state index contributed by atoms with van der Waals surface area (Å²) in [5.74, 6) is 1.81. The van der Waals surface area contributed by atoms with Crippen molar-refractivity contribution in [2.24, 2.45) is 0 Å². The Hall–Kier alpha value is -1.12. The maximum Gasteiger partial charge on any atom is 0.147 e. The number of aromatic nitrogens is 2. The van der Waals surface area contributed by atoms with Gasteiger partial charge in [0.2, 0.25) is 0 Å². The maximum absolute atomic E-state index is 5.80. The highest BCUT2D eigenvalue weighted by molar-refractivity contribution is 5.43. The van der Waals surface area contributed by atoms with E-state index in [4.69, 9.17) is 4.74 Å². The number of nitrogens with zero attached hydrogens (tertiary/aromatic N) is 2. The highest BCUT2D eigenvalue weighted by Gasteiger charge is 2.23. The number of ether oxygens (including phenoxy) is 1. The van der Waals surface area contributed by atoms with Crippen molar-refractivity contribution < 1.29 is 4.74 Å². The summed E-state index contributed by atoms with van der Waals surface area (Å²) < 4.78 is 5.80. The maximum atomic E-state index is 5.80. The van der Waals surface area contributed by atoms with E-state index in [0.717, 1.165) is 36.6 Å². The van der Waals surface area contributed by atoms with E-state index in [1.807, 2.05) is 0 Å². The Labute approximate surface area is 97.2 Å². The lowest BCUT2D eigenvalue weighted by Crippen LogP contribution is -2.17. The van der Waals surface area contributed by atoms with Gasteiger partial charge in [0.05, 0.1) is 12.3 Å². The monoisotopic (exact) mass is 220 g/mol. The van der Waals surface area contributed by atoms with E-state index in [0.29, 0.717) is 11.8 Å². The van der Waals surface area contributed by atoms with Crippen LogP contribution in [0.4, 0.5) is 0 Å². The molecule has 2 rings (SSSR count). The molecule has 1 aliphatic heterocycles. The Balaban J connectivity index is 2.54. The van der Waals surface area contributed by atoms with Crippen LogP contribution >= 0.6 is 0 Å². The van der Waals surface area contributed by atoms with Crippen molar-refractivity contribution in [3.05, 3.63) is 17.0 Å². The van der Waals surface area contributed by atoms with Gasteiger partial charge in [-0.2, -0.15) is 10.2 Å². The highest BCUT2D eigenvalue weighted by Crippen LogP contribution is 2.35. The highest BCUT2D eigenvalue weighted by atomic mass is 16.5. The van der Waals surface area contributed by atoms with E-state index in [2.05, 4.69) is 37.9 Å². The third kappa shape index (κ3) is 1.91. The molecule has 1 aromatic heterocycles. The Bertz CT molecular complexity index is 349. The fraction of sp³-hybridized carbons (Fsp3) is 0.692. The van der Waals surface area contributed by atoms with E-state index >= 15 is 0 Å². The lowest BCUT2D eigenvalue weighted by atomic mass is 9.95. The van der Waals surface area contributed by atoms with E-state index in [1.54, 1.807) is 0 Å². The molecule has 88 valence electrons. The van der Waals surface area contributed by atoms with Crippen molar-refractivity contribution in [3.8, 4) is 5.75 Å². The van der Waals surface area contributed by atoms with E-state index in [-0.39, 0.29) is 0 Å². The van der Waals surface area contributed by atoms with Crippen LogP contribution in [0.15, 0.2) is 0 Å². The lowest BCUT2D eigenvalue weighted by Gasteiger charge is -2.23. The molecule has 0 saturated heterocycles. The van der Waals surface area contributed by atoms with Gasteiger partial charge in [-0.25, -0.2) is 0 Å². The smallest absolute Gasteiger partial charge is 0.147 e. The summed E-state index contributed by atoms with van der Waals surface area (Å²) in [6.07, 6.45) is 2.17. The fourth-order valence-electron chi connectivity index (χ4n) is 2.15. The molecule has 0 radical (unpaired) electrons. The van der Waals surface area contributed by atoms with Crippen LogP contribution in [0.5, 0.6) is 5.75 Å². The van der Waals surface area contributed by atoms with Gasteiger partial charge in [0.25, 0.3) is 0 Å². The van der Waals surface area contributed by atoms with Crippen LogP contribution in [0.3, 0.4) is 0 Å². The Kier molecular flexibility index (Phi) is 3.13. The number of fused-ring (bicyclic) bond motifs is 1. The third-order valence-electron chi connectivity index (χ3n) is 2.99. The molecule has 0 amide bonds. The number of rotatable bonds is 2. The van der Waals surface area contributed by atoms with Crippen molar-refractivity contribution in [2.75, 3.05) is 6.61 Å². The topological polar surface area (TPSA) is 35.0 Å². The molecule has 3 heteroatoms. The zero-order valence-electron chi connectivity index (χ0n) is 10.6. The molecule has 16 heavy (non-hydrogen) atoms. The molecule has 3 nitrogen and oxygen atoms in total. The molecule has 0 aromatic carbocycles. The van der Waals surface area contributed by atoms with Gasteiger partial charge in [-0.15, -0.1) is 0 Å². The third-order valence-corrected chi connectivity index (χ3v) is 2.99. The van der Waals surface area contributed by atoms with Crippen molar-refractivity contribution in [1.82, 2.24) is 10.2 Å². The zero-order chi connectivity index (χ0) is 11.7. The lowest BCUT2D eigenvalue weighted by molar-refractivity contribution is 0.279. The van der Waals surface area contributed by atoms with Gasteiger partial charge in [-0.05, 0) is 18.8 Å². The van der Waals surface area contributed by atoms with Crippen molar-refractivity contribution >= 4 is 0 Å². The van der Waals surface area contributed by atoms with E-state index in [1.165, 1.54) is 5.56 Å². The fourth-order valence-corrected chi connectivity index (χ4v) is 2.15. The first-order chi connectivity index (χ1) is 7.61. The van der Waals surface area contributed by atoms with Crippen LogP contribution in [0.25, 0.3) is 0 Å². The number of hydrogen-bond donors (Lipinski definition) is 0. The Morgan fingerprint density at radius 3 is 2.25 bits per heavy atom. The molecule has 0 spiro atoms. The molecular formula is C13H20N2O. The molecule has 0 saturated carbocycles. The standard InChI is InChI=1S/C13H20N2O/c1-8(2)11-10-6-5-7-16-13(10)12(9(3)4)15-14-11/h8-9H,5-7H2,1-4H3. The Morgan fingerprint density at radius 2 is 1.62 bits per heavy atom. The van der Waals surface area contributed by atoms with Gasteiger partial charge >= 0.3 is 0 Å². The van der Waals surface area contributed by atoms with Crippen LogP contribution in [0.2, 0.25) is 0 Å². The molecular weight excluding hydrogens is 200 g/mol. The summed E-state index contributed by atoms with van der Waals surface area (Å²) in [5, 5.41) is 8.72. The molecule has 0 aliphatic carbocycles. The van der Waals surface area contributed by atoms with Crippen LogP contribution in [-0.2, 0) is 6.42 Å². The van der Waals surface area contributed by atoms with Crippen molar-refractivity contribution in [2.45, 2.75) is 52.4 Å². The predicted molar refractivity (Wildman–Crippen MR) is 64.0 cm³/mol. The van der Waals surface area contributed by atoms with Crippen LogP contribution in [0.1, 0.15) is 62.9 Å². The van der Waals surface area contributed by atoms with Crippen molar-refractivity contribution in [3.63, 3.8) is 0 Å². The van der Waals surface area contributed by atoms with Gasteiger partial charge in [-0.3, -0.25) is 0 Å². The van der Waals surface area contributed by atoms with E-state index < -0.39 is 0 Å². The quantitative estimate of drug-likeness (QED) is 0.768. The Morgan fingerprint density at radius 1 is 1.00 bits per heavy atom. The molecule has 0 N–H and O–H groups in total. The van der Waals surface area contributed by atoms with Crippen LogP contribution in [0, 0.1) is 0 Å². The zero-order valence-corrected chi connectivity index (χ0v) is 10.6. The van der Waals surface area contributed by atoms with Gasteiger partial charge in [0.15, 0.2) is 0 Å². The normalized spacial score (nSPS) is 15.1. The summed E-state index contributed by atoms with van der Waals surface area (Å²) >= 11 is 0. The second-order valence-corrected chi connectivity index (χ2v) is 5.04. The SMILES string of the molecule is CC(C)c1nnc(C(C)C)c2c1CCCO2. The van der Waals surface area contributed by atoms with Gasteiger partial charge in [-0.1, -0.05) is 27.7 Å². The minimum absolute atomic E-state index is 0.376. The van der Waals surface area contributed by atoms with Gasteiger partial charge in [0.1, 0.15) is 11.4 Å². The molecule has 0 bridgehead atoms. The second-order valence-electron chi connectivity index (χ2n) is 5.04. The largest absolute Gasteiger partial charge is 0.491 e. The van der Waals surface area contributed by atoms with Crippen molar-refractivity contribution in [1.29, 1.82) is 0 Å². The van der Waals surface area contributed by atoms with E-state index in [9.17, 15) is 0 Å². The van der Waals surface area contributed by atoms with Crippen LogP contribution < -0.4 is 4.74 Å². The minimum Gasteiger partial charge on any atom is -0.491 e. The molecule has 1 aliphatic rings. The molecule has 2 heterocycles. The molecule has 0 fully saturated rings. The molecule has 1 aromatic rings. The summed E-state index contributed by atoms with van der Waals surface area (Å²) in [5.41, 5.74) is 3.41. The first-order valence-electron chi connectivity index (χ1n) is 6.13. The summed E-state index contributed by atoms with van der Waals surface area (Å²) in [7, 11) is 0. The first-order valence-corrected chi connectivity index (χ1v) is 6.13. The second kappa shape index (κ2) is 4.40. The van der Waals surface area contributed by atoms with Gasteiger partial charge < -0.3 is 4.74 Å². The first kappa shape index (κ1) is 11.4. The van der Waals surface area contributed by atoms with Crippen LogP contribution in [-0.4, -0.2) is 16.8 Å². The summed E-state index contributed by atoms with van der Waals surface area (Å²) in [4.78, 5) is 0. The number of hydrogen-bond acceptors (Lipinski definition) is 3. The molecule has 0 atom stereocenters.